The van der Waals surface area contributed by atoms with Crippen LogP contribution >= 0.6 is 0 Å². The van der Waals surface area contributed by atoms with Crippen molar-refractivity contribution in [3.63, 3.8) is 0 Å². The summed E-state index contributed by atoms with van der Waals surface area (Å²) in [6.45, 7) is 2.06. The molecule has 2 aromatic carbocycles. The molecule has 0 heterocycles. The lowest BCUT2D eigenvalue weighted by atomic mass is 10.1. The van der Waals surface area contributed by atoms with Gasteiger partial charge in [0.25, 0.3) is 5.91 Å². The highest BCUT2D eigenvalue weighted by Crippen LogP contribution is 2.19. The van der Waals surface area contributed by atoms with Gasteiger partial charge in [-0.3, -0.25) is 9.59 Å². The molecule has 1 aliphatic rings. The summed E-state index contributed by atoms with van der Waals surface area (Å²) in [4.78, 5) is 35.6. The Kier molecular flexibility index (Phi) is 6.22. The fourth-order valence-corrected chi connectivity index (χ4v) is 2.50. The number of nitrogens with one attached hydrogen (secondary N) is 2. The smallest absolute Gasteiger partial charge is 0.338 e. The molecule has 0 aliphatic heterocycles. The van der Waals surface area contributed by atoms with E-state index in [9.17, 15) is 14.4 Å². The van der Waals surface area contributed by atoms with Gasteiger partial charge in [-0.05, 0) is 67.8 Å². The first-order chi connectivity index (χ1) is 13.5. The predicted molar refractivity (Wildman–Crippen MR) is 107 cm³/mol. The highest BCUT2D eigenvalue weighted by molar-refractivity contribution is 6.02. The minimum absolute atomic E-state index is 0.0676. The van der Waals surface area contributed by atoms with Crippen molar-refractivity contribution in [1.82, 2.24) is 5.32 Å². The van der Waals surface area contributed by atoms with E-state index in [1.807, 2.05) is 0 Å². The van der Waals surface area contributed by atoms with Crippen molar-refractivity contribution in [2.75, 3.05) is 11.9 Å². The van der Waals surface area contributed by atoms with E-state index in [0.717, 1.165) is 18.4 Å². The number of rotatable bonds is 7. The van der Waals surface area contributed by atoms with E-state index < -0.39 is 5.97 Å². The molecule has 0 saturated heterocycles. The zero-order valence-electron chi connectivity index (χ0n) is 15.6. The van der Waals surface area contributed by atoms with Crippen LogP contribution in [0.5, 0.6) is 0 Å². The molecule has 6 heteroatoms. The van der Waals surface area contributed by atoms with Crippen LogP contribution in [0, 0.1) is 0 Å². The van der Waals surface area contributed by atoms with Crippen LogP contribution in [0.1, 0.15) is 46.0 Å². The third-order valence-corrected chi connectivity index (χ3v) is 4.18. The van der Waals surface area contributed by atoms with Crippen LogP contribution in [0.15, 0.2) is 54.6 Å². The standard InChI is InChI=1S/C22H22N2O4/c1-2-28-22(27)17-8-10-18(11-9-17)23-20(25)14-5-15-3-6-16(7-4-15)21(26)24-19-12-13-19/h3-11,14,19H,2,12-13H2,1H3,(H,23,25)(H,24,26)/b14-5+. The maximum atomic E-state index is 12.1. The Bertz CT molecular complexity index is 882. The van der Waals surface area contributed by atoms with Gasteiger partial charge < -0.3 is 15.4 Å². The van der Waals surface area contributed by atoms with Gasteiger partial charge in [0, 0.05) is 23.4 Å². The van der Waals surface area contributed by atoms with Gasteiger partial charge in [-0.1, -0.05) is 12.1 Å². The summed E-state index contributed by atoms with van der Waals surface area (Å²) in [6, 6.07) is 13.9. The molecule has 2 aromatic rings. The van der Waals surface area contributed by atoms with E-state index in [0.29, 0.717) is 29.5 Å². The molecule has 1 fully saturated rings. The number of carbonyl (C=O) groups is 3. The number of hydrogen-bond acceptors (Lipinski definition) is 4. The fraction of sp³-hybridized carbons (Fsp3) is 0.227. The minimum Gasteiger partial charge on any atom is -0.462 e. The van der Waals surface area contributed by atoms with Crippen molar-refractivity contribution in [1.29, 1.82) is 0 Å². The van der Waals surface area contributed by atoms with Gasteiger partial charge in [0.15, 0.2) is 0 Å². The van der Waals surface area contributed by atoms with Crippen molar-refractivity contribution in [3.05, 3.63) is 71.3 Å². The summed E-state index contributed by atoms with van der Waals surface area (Å²) in [7, 11) is 0. The van der Waals surface area contributed by atoms with Crippen LogP contribution < -0.4 is 10.6 Å². The predicted octanol–water partition coefficient (Wildman–Crippen LogP) is 3.41. The molecule has 3 rings (SSSR count). The zero-order chi connectivity index (χ0) is 19.9. The number of anilines is 1. The fourth-order valence-electron chi connectivity index (χ4n) is 2.50. The summed E-state index contributed by atoms with van der Waals surface area (Å²) in [5.41, 5.74) is 2.43. The number of esters is 1. The average molecular weight is 378 g/mol. The lowest BCUT2D eigenvalue weighted by molar-refractivity contribution is -0.111. The van der Waals surface area contributed by atoms with E-state index in [4.69, 9.17) is 4.74 Å². The Balaban J connectivity index is 1.53. The molecule has 144 valence electrons. The first-order valence-corrected chi connectivity index (χ1v) is 9.22. The van der Waals surface area contributed by atoms with Crippen LogP contribution in [0.4, 0.5) is 5.69 Å². The Morgan fingerprint density at radius 2 is 1.64 bits per heavy atom. The second-order valence-electron chi connectivity index (χ2n) is 6.49. The third kappa shape index (κ3) is 5.54. The van der Waals surface area contributed by atoms with E-state index in [2.05, 4.69) is 10.6 Å². The second kappa shape index (κ2) is 8.99. The van der Waals surface area contributed by atoms with E-state index >= 15 is 0 Å². The molecule has 28 heavy (non-hydrogen) atoms. The Morgan fingerprint density at radius 1 is 1.00 bits per heavy atom. The van der Waals surface area contributed by atoms with Gasteiger partial charge >= 0.3 is 5.97 Å². The zero-order valence-corrected chi connectivity index (χ0v) is 15.6. The van der Waals surface area contributed by atoms with Crippen LogP contribution in [0.3, 0.4) is 0 Å². The van der Waals surface area contributed by atoms with Crippen molar-refractivity contribution in [3.8, 4) is 0 Å². The molecule has 0 aromatic heterocycles. The molecule has 2 N–H and O–H groups in total. The largest absolute Gasteiger partial charge is 0.462 e. The number of carbonyl (C=O) groups excluding carboxylic acids is 3. The maximum absolute atomic E-state index is 12.1. The van der Waals surface area contributed by atoms with Crippen LogP contribution in [-0.4, -0.2) is 30.4 Å². The van der Waals surface area contributed by atoms with Gasteiger partial charge in [0.1, 0.15) is 0 Å². The second-order valence-corrected chi connectivity index (χ2v) is 6.49. The maximum Gasteiger partial charge on any atom is 0.338 e. The van der Waals surface area contributed by atoms with Gasteiger partial charge in [0.05, 0.1) is 12.2 Å². The Morgan fingerprint density at radius 3 is 2.25 bits per heavy atom. The van der Waals surface area contributed by atoms with Crippen molar-refractivity contribution in [2.45, 2.75) is 25.8 Å². The van der Waals surface area contributed by atoms with Gasteiger partial charge in [0.2, 0.25) is 5.91 Å². The van der Waals surface area contributed by atoms with Gasteiger partial charge in [-0.15, -0.1) is 0 Å². The summed E-state index contributed by atoms with van der Waals surface area (Å²) < 4.78 is 4.92. The number of hydrogen-bond donors (Lipinski definition) is 2. The molecular formula is C22H22N2O4. The summed E-state index contributed by atoms with van der Waals surface area (Å²) in [5, 5.41) is 5.66. The lowest BCUT2D eigenvalue weighted by Gasteiger charge is -2.05. The van der Waals surface area contributed by atoms with E-state index in [1.54, 1.807) is 61.5 Å². The third-order valence-electron chi connectivity index (χ3n) is 4.18. The number of benzene rings is 2. The first-order valence-electron chi connectivity index (χ1n) is 9.22. The normalized spacial score (nSPS) is 13.2. The quantitative estimate of drug-likeness (QED) is 0.571. The molecule has 0 radical (unpaired) electrons. The lowest BCUT2D eigenvalue weighted by Crippen LogP contribution is -2.25. The van der Waals surface area contributed by atoms with Crippen LogP contribution in [-0.2, 0) is 9.53 Å². The van der Waals surface area contributed by atoms with Crippen LogP contribution in [0.25, 0.3) is 6.08 Å². The van der Waals surface area contributed by atoms with Crippen LogP contribution in [0.2, 0.25) is 0 Å². The summed E-state index contributed by atoms with van der Waals surface area (Å²) >= 11 is 0. The highest BCUT2D eigenvalue weighted by Gasteiger charge is 2.23. The van der Waals surface area contributed by atoms with Crippen molar-refractivity contribution < 1.29 is 19.1 Å². The molecule has 0 atom stereocenters. The molecule has 2 amide bonds. The topological polar surface area (TPSA) is 84.5 Å². The van der Waals surface area contributed by atoms with E-state index in [1.165, 1.54) is 6.08 Å². The summed E-state index contributed by atoms with van der Waals surface area (Å²) in [5.74, 6) is -0.754. The average Bonchev–Trinajstić information content (AvgIpc) is 3.51. The minimum atomic E-state index is -0.394. The first kappa shape index (κ1) is 19.4. The van der Waals surface area contributed by atoms with Gasteiger partial charge in [-0.25, -0.2) is 4.79 Å². The molecule has 6 nitrogen and oxygen atoms in total. The molecule has 1 aliphatic carbocycles. The van der Waals surface area contributed by atoms with Crippen molar-refractivity contribution in [2.24, 2.45) is 0 Å². The molecule has 1 saturated carbocycles. The molecule has 0 spiro atoms. The Hall–Kier alpha value is -3.41. The number of ether oxygens (including phenoxy) is 1. The van der Waals surface area contributed by atoms with Gasteiger partial charge in [-0.2, -0.15) is 0 Å². The van der Waals surface area contributed by atoms with E-state index in [-0.39, 0.29) is 11.8 Å². The SMILES string of the molecule is CCOC(=O)c1ccc(NC(=O)/C=C/c2ccc(C(=O)NC3CC3)cc2)cc1. The molecular weight excluding hydrogens is 356 g/mol. The highest BCUT2D eigenvalue weighted by atomic mass is 16.5. The Labute approximate surface area is 163 Å². The molecule has 0 unspecified atom stereocenters. The summed E-state index contributed by atoms with van der Waals surface area (Å²) in [6.07, 6.45) is 5.18. The number of amides is 2. The van der Waals surface area contributed by atoms with Crippen molar-refractivity contribution >= 4 is 29.5 Å². The monoisotopic (exact) mass is 378 g/mol. The molecule has 0 bridgehead atoms.